The third-order valence-corrected chi connectivity index (χ3v) is 5.69. The number of aromatic nitrogens is 1. The van der Waals surface area contributed by atoms with Crippen LogP contribution in [0.2, 0.25) is 10.0 Å². The summed E-state index contributed by atoms with van der Waals surface area (Å²) >= 11 is 16.0. The number of esters is 1. The van der Waals surface area contributed by atoms with Crippen molar-refractivity contribution >= 4 is 77.5 Å². The van der Waals surface area contributed by atoms with Crippen molar-refractivity contribution in [1.29, 1.82) is 0 Å². The molecule has 3 N–H and O–H groups in total. The second kappa shape index (κ2) is 7.98. The summed E-state index contributed by atoms with van der Waals surface area (Å²) in [5.41, 5.74) is -0.292. The predicted molar refractivity (Wildman–Crippen MR) is 96.6 cm³/mol. The van der Waals surface area contributed by atoms with Gasteiger partial charge >= 0.3 is 5.97 Å². The number of ether oxygens (including phenoxy) is 1. The number of sulfonamides is 1. The van der Waals surface area contributed by atoms with Gasteiger partial charge in [-0.2, -0.15) is 0 Å². The highest BCUT2D eigenvalue weighted by Gasteiger charge is 2.21. The van der Waals surface area contributed by atoms with E-state index in [1.54, 1.807) is 0 Å². The zero-order valence-electron chi connectivity index (χ0n) is 12.0. The third kappa shape index (κ3) is 5.36. The van der Waals surface area contributed by atoms with Crippen molar-refractivity contribution in [2.45, 2.75) is 4.90 Å². The maximum atomic E-state index is 12.0. The summed E-state index contributed by atoms with van der Waals surface area (Å²) in [6.07, 6.45) is 1.49. The maximum absolute atomic E-state index is 12.0. The number of carbonyl (C=O) groups excluding carboxylic acids is 2. The summed E-state index contributed by atoms with van der Waals surface area (Å²) in [4.78, 5) is 27.1. The van der Waals surface area contributed by atoms with Crippen molar-refractivity contribution in [3.63, 3.8) is 0 Å². The SMILES string of the molecule is NS(=O)(=O)c1cc(C(=O)OCC(=O)Nc2ncc(Br)s2)c(Cl)cc1Cl. The van der Waals surface area contributed by atoms with Gasteiger partial charge in [0.2, 0.25) is 10.0 Å². The number of hydrogen-bond acceptors (Lipinski definition) is 7. The Kier molecular flexibility index (Phi) is 6.40. The Morgan fingerprint density at radius 2 is 2.00 bits per heavy atom. The zero-order chi connectivity index (χ0) is 18.8. The highest BCUT2D eigenvalue weighted by atomic mass is 79.9. The highest BCUT2D eigenvalue weighted by Crippen LogP contribution is 2.28. The van der Waals surface area contributed by atoms with E-state index in [9.17, 15) is 18.0 Å². The summed E-state index contributed by atoms with van der Waals surface area (Å²) in [5, 5.41) is 7.35. The number of primary sulfonamides is 1. The molecule has 0 saturated carbocycles. The molecule has 0 aliphatic rings. The molecule has 1 amide bonds. The standard InChI is InChI=1S/C12H8BrCl2N3O5S2/c13-9-3-17-12(24-9)18-10(19)4-23-11(20)5-1-8(25(16,21)22)7(15)2-6(5)14/h1-3H,4H2,(H2,16,21,22)(H,17,18,19). The van der Waals surface area contributed by atoms with Gasteiger partial charge in [-0.25, -0.2) is 23.3 Å². The van der Waals surface area contributed by atoms with E-state index in [0.29, 0.717) is 8.92 Å². The predicted octanol–water partition coefficient (Wildman–Crippen LogP) is 2.66. The zero-order valence-corrected chi connectivity index (χ0v) is 16.7. The minimum Gasteiger partial charge on any atom is -0.452 e. The van der Waals surface area contributed by atoms with Crippen LogP contribution in [0.25, 0.3) is 0 Å². The molecule has 13 heteroatoms. The summed E-state index contributed by atoms with van der Waals surface area (Å²) < 4.78 is 28.4. The first kappa shape index (κ1) is 20.1. The molecule has 2 rings (SSSR count). The summed E-state index contributed by atoms with van der Waals surface area (Å²) in [7, 11) is -4.16. The first-order valence-electron chi connectivity index (χ1n) is 6.18. The van der Waals surface area contributed by atoms with Crippen LogP contribution in [0.4, 0.5) is 5.13 Å². The number of nitrogens with one attached hydrogen (secondary N) is 1. The number of rotatable bonds is 5. The van der Waals surface area contributed by atoms with Gasteiger partial charge in [0.25, 0.3) is 5.91 Å². The molecule has 0 bridgehead atoms. The first-order valence-corrected chi connectivity index (χ1v) is 10.1. The Hall–Kier alpha value is -1.24. The molecule has 25 heavy (non-hydrogen) atoms. The van der Waals surface area contributed by atoms with Gasteiger partial charge in [-0.3, -0.25) is 10.1 Å². The molecule has 0 aliphatic heterocycles. The first-order chi connectivity index (χ1) is 11.6. The molecule has 134 valence electrons. The Morgan fingerprint density at radius 3 is 2.56 bits per heavy atom. The fourth-order valence-electron chi connectivity index (χ4n) is 1.58. The lowest BCUT2D eigenvalue weighted by molar-refractivity contribution is -0.119. The van der Waals surface area contributed by atoms with Crippen molar-refractivity contribution < 1.29 is 22.7 Å². The highest BCUT2D eigenvalue weighted by molar-refractivity contribution is 9.11. The van der Waals surface area contributed by atoms with Gasteiger partial charge in [0.15, 0.2) is 11.7 Å². The average molecular weight is 489 g/mol. The van der Waals surface area contributed by atoms with E-state index in [4.69, 9.17) is 33.1 Å². The molecule has 1 aromatic heterocycles. The van der Waals surface area contributed by atoms with Crippen molar-refractivity contribution in [2.75, 3.05) is 11.9 Å². The quantitative estimate of drug-likeness (QED) is 0.622. The van der Waals surface area contributed by atoms with E-state index in [0.717, 1.165) is 12.1 Å². The van der Waals surface area contributed by atoms with Crippen LogP contribution in [0.15, 0.2) is 27.0 Å². The average Bonchev–Trinajstić information content (AvgIpc) is 2.88. The van der Waals surface area contributed by atoms with E-state index in [-0.39, 0.29) is 15.6 Å². The second-order valence-corrected chi connectivity index (χ2v) is 9.16. The summed E-state index contributed by atoms with van der Waals surface area (Å²) in [5.74, 6) is -1.64. The Bertz CT molecular complexity index is 948. The van der Waals surface area contributed by atoms with E-state index >= 15 is 0 Å². The lowest BCUT2D eigenvalue weighted by Gasteiger charge is -2.09. The van der Waals surface area contributed by atoms with Crippen molar-refractivity contribution in [1.82, 2.24) is 4.98 Å². The Labute approximate surface area is 164 Å². The number of amides is 1. The number of benzene rings is 1. The van der Waals surface area contributed by atoms with Gasteiger partial charge in [0.05, 0.1) is 25.6 Å². The van der Waals surface area contributed by atoms with Crippen LogP contribution in [0.3, 0.4) is 0 Å². The van der Waals surface area contributed by atoms with Crippen LogP contribution in [0.1, 0.15) is 10.4 Å². The van der Waals surface area contributed by atoms with Gasteiger partial charge in [-0.1, -0.05) is 34.5 Å². The van der Waals surface area contributed by atoms with Gasteiger partial charge in [-0.05, 0) is 28.1 Å². The van der Waals surface area contributed by atoms with Gasteiger partial charge < -0.3 is 4.74 Å². The van der Waals surface area contributed by atoms with Gasteiger partial charge in [0, 0.05) is 0 Å². The second-order valence-electron chi connectivity index (χ2n) is 4.40. The van der Waals surface area contributed by atoms with Crippen LogP contribution in [-0.2, 0) is 19.6 Å². The summed E-state index contributed by atoms with van der Waals surface area (Å²) in [6.45, 7) is -0.625. The molecular formula is C12H8BrCl2N3O5S2. The van der Waals surface area contributed by atoms with Crippen LogP contribution >= 0.6 is 50.5 Å². The normalized spacial score (nSPS) is 11.2. The number of hydrogen-bond donors (Lipinski definition) is 2. The smallest absolute Gasteiger partial charge is 0.340 e. The van der Waals surface area contributed by atoms with E-state index in [2.05, 4.69) is 26.2 Å². The largest absolute Gasteiger partial charge is 0.452 e. The van der Waals surface area contributed by atoms with Crippen LogP contribution in [0, 0.1) is 0 Å². The summed E-state index contributed by atoms with van der Waals surface area (Å²) in [6, 6.07) is 1.94. The molecule has 1 heterocycles. The lowest BCUT2D eigenvalue weighted by atomic mass is 10.2. The molecule has 0 unspecified atom stereocenters. The van der Waals surface area contributed by atoms with Crippen molar-refractivity contribution in [2.24, 2.45) is 5.14 Å². The maximum Gasteiger partial charge on any atom is 0.340 e. The molecule has 0 aliphatic carbocycles. The molecule has 0 atom stereocenters. The van der Waals surface area contributed by atoms with Crippen molar-refractivity contribution in [3.05, 3.63) is 37.7 Å². The van der Waals surface area contributed by atoms with Gasteiger partial charge in [0.1, 0.15) is 4.90 Å². The van der Waals surface area contributed by atoms with Crippen LogP contribution in [-0.4, -0.2) is 31.9 Å². The van der Waals surface area contributed by atoms with Crippen LogP contribution in [0.5, 0.6) is 0 Å². The molecular weight excluding hydrogens is 481 g/mol. The number of nitrogens with zero attached hydrogens (tertiary/aromatic N) is 1. The van der Waals surface area contributed by atoms with E-state index in [1.165, 1.54) is 17.5 Å². The molecule has 1 aromatic carbocycles. The van der Waals surface area contributed by atoms with E-state index < -0.39 is 33.4 Å². The fraction of sp³-hybridized carbons (Fsp3) is 0.0833. The van der Waals surface area contributed by atoms with Gasteiger partial charge in [-0.15, -0.1) is 0 Å². The molecule has 0 spiro atoms. The third-order valence-electron chi connectivity index (χ3n) is 2.61. The van der Waals surface area contributed by atoms with Crippen molar-refractivity contribution in [3.8, 4) is 0 Å². The molecule has 0 fully saturated rings. The minimum atomic E-state index is -4.16. The number of nitrogens with two attached hydrogens (primary N) is 1. The fourth-order valence-corrected chi connectivity index (χ4v) is 4.10. The molecule has 0 radical (unpaired) electrons. The molecule has 0 saturated heterocycles. The Balaban J connectivity index is 2.09. The lowest BCUT2D eigenvalue weighted by Crippen LogP contribution is -2.21. The molecule has 8 nitrogen and oxygen atoms in total. The topological polar surface area (TPSA) is 128 Å². The minimum absolute atomic E-state index is 0.147. The Morgan fingerprint density at radius 1 is 1.32 bits per heavy atom. The number of carbonyl (C=O) groups is 2. The number of thiazole rings is 1. The molecule has 2 aromatic rings. The monoisotopic (exact) mass is 487 g/mol. The number of halogens is 3. The number of anilines is 1. The van der Waals surface area contributed by atoms with E-state index in [1.807, 2.05) is 0 Å². The van der Waals surface area contributed by atoms with Crippen LogP contribution < -0.4 is 10.5 Å².